The molecule has 0 saturated carbocycles. The fraction of sp³-hybridized carbons (Fsp3) is 0.0833. The Hall–Kier alpha value is -3.98. The molecular formula is C24H21FN4O3S. The van der Waals surface area contributed by atoms with E-state index in [1.165, 1.54) is 12.1 Å². The molecule has 1 N–H and O–H groups in total. The third-order valence-electron chi connectivity index (χ3n) is 4.96. The van der Waals surface area contributed by atoms with Crippen LogP contribution in [-0.4, -0.2) is 30.4 Å². The van der Waals surface area contributed by atoms with E-state index in [1.807, 2.05) is 35.0 Å². The molecule has 1 amide bonds. The minimum atomic E-state index is -4.08. The highest BCUT2D eigenvalue weighted by atomic mass is 32.2. The molecule has 0 radical (unpaired) electrons. The van der Waals surface area contributed by atoms with Crippen molar-refractivity contribution in [3.05, 3.63) is 109 Å². The van der Waals surface area contributed by atoms with Crippen molar-refractivity contribution in [3.63, 3.8) is 0 Å². The number of carbonyl (C=O) groups is 1. The van der Waals surface area contributed by atoms with Crippen molar-refractivity contribution in [2.75, 3.05) is 10.8 Å². The molecule has 0 aliphatic carbocycles. The summed E-state index contributed by atoms with van der Waals surface area (Å²) >= 11 is 0. The first-order valence-electron chi connectivity index (χ1n) is 10.1. The Balaban J connectivity index is 1.48. The van der Waals surface area contributed by atoms with E-state index < -0.39 is 28.3 Å². The highest BCUT2D eigenvalue weighted by Gasteiger charge is 2.27. The van der Waals surface area contributed by atoms with Crippen LogP contribution >= 0.6 is 0 Å². The monoisotopic (exact) mass is 464 g/mol. The van der Waals surface area contributed by atoms with Crippen molar-refractivity contribution in [1.82, 2.24) is 14.9 Å². The molecule has 1 heterocycles. The number of amides is 1. The Morgan fingerprint density at radius 2 is 1.67 bits per heavy atom. The molecule has 0 spiro atoms. The normalized spacial score (nSPS) is 11.2. The second-order valence-electron chi connectivity index (χ2n) is 7.21. The molecule has 4 rings (SSSR count). The van der Waals surface area contributed by atoms with Gasteiger partial charge in [-0.3, -0.25) is 9.10 Å². The largest absolute Gasteiger partial charge is 0.350 e. The number of nitrogens with one attached hydrogen (secondary N) is 1. The van der Waals surface area contributed by atoms with Crippen LogP contribution in [0.1, 0.15) is 5.56 Å². The lowest BCUT2D eigenvalue weighted by atomic mass is 10.2. The van der Waals surface area contributed by atoms with E-state index in [0.717, 1.165) is 27.7 Å². The third-order valence-corrected chi connectivity index (χ3v) is 6.75. The minimum absolute atomic E-state index is 0.101. The van der Waals surface area contributed by atoms with Gasteiger partial charge >= 0.3 is 0 Å². The quantitative estimate of drug-likeness (QED) is 0.432. The zero-order chi connectivity index (χ0) is 23.3. The van der Waals surface area contributed by atoms with Gasteiger partial charge in [0.1, 0.15) is 12.4 Å². The van der Waals surface area contributed by atoms with Crippen LogP contribution in [0.15, 0.2) is 102 Å². The number of hydrogen-bond acceptors (Lipinski definition) is 4. The van der Waals surface area contributed by atoms with Crippen LogP contribution in [0, 0.1) is 5.82 Å². The van der Waals surface area contributed by atoms with Crippen molar-refractivity contribution < 1.29 is 17.6 Å². The van der Waals surface area contributed by atoms with E-state index in [2.05, 4.69) is 10.3 Å². The minimum Gasteiger partial charge on any atom is -0.350 e. The topological polar surface area (TPSA) is 84.3 Å². The van der Waals surface area contributed by atoms with Crippen LogP contribution in [0.25, 0.3) is 5.69 Å². The molecule has 0 atom stereocenters. The second-order valence-corrected chi connectivity index (χ2v) is 9.08. The van der Waals surface area contributed by atoms with E-state index in [0.29, 0.717) is 5.69 Å². The molecule has 3 aromatic carbocycles. The number of halogens is 1. The maximum absolute atomic E-state index is 13.3. The molecule has 0 bridgehead atoms. The highest BCUT2D eigenvalue weighted by molar-refractivity contribution is 7.92. The predicted molar refractivity (Wildman–Crippen MR) is 123 cm³/mol. The molecule has 0 aliphatic rings. The van der Waals surface area contributed by atoms with E-state index >= 15 is 0 Å². The van der Waals surface area contributed by atoms with E-state index in [9.17, 15) is 17.6 Å². The summed E-state index contributed by atoms with van der Waals surface area (Å²) in [6.07, 6.45) is 5.21. The number of para-hydroxylation sites is 1. The summed E-state index contributed by atoms with van der Waals surface area (Å²) in [5.74, 6) is -1.01. The summed E-state index contributed by atoms with van der Waals surface area (Å²) in [6, 6.07) is 20.4. The van der Waals surface area contributed by atoms with Crippen molar-refractivity contribution in [2.24, 2.45) is 0 Å². The first kappa shape index (κ1) is 22.2. The smallest absolute Gasteiger partial charge is 0.264 e. The van der Waals surface area contributed by atoms with Crippen LogP contribution < -0.4 is 9.62 Å². The molecule has 1 aromatic heterocycles. The van der Waals surface area contributed by atoms with Gasteiger partial charge in [-0.05, 0) is 54.1 Å². The Morgan fingerprint density at radius 3 is 2.30 bits per heavy atom. The predicted octanol–water partition coefficient (Wildman–Crippen LogP) is 3.52. The molecule has 0 unspecified atom stereocenters. The number of benzene rings is 3. The zero-order valence-electron chi connectivity index (χ0n) is 17.5. The van der Waals surface area contributed by atoms with Crippen molar-refractivity contribution in [1.29, 1.82) is 0 Å². The van der Waals surface area contributed by atoms with Gasteiger partial charge in [0.25, 0.3) is 10.0 Å². The summed E-state index contributed by atoms with van der Waals surface area (Å²) in [6.45, 7) is -0.181. The first-order chi connectivity index (χ1) is 15.9. The number of imidazole rings is 1. The maximum Gasteiger partial charge on any atom is 0.264 e. The van der Waals surface area contributed by atoms with Gasteiger partial charge < -0.3 is 9.88 Å². The van der Waals surface area contributed by atoms with Crippen molar-refractivity contribution >= 4 is 21.6 Å². The number of rotatable bonds is 8. The summed E-state index contributed by atoms with van der Waals surface area (Å²) < 4.78 is 42.6. The molecule has 0 aliphatic heterocycles. The molecule has 0 saturated heterocycles. The van der Waals surface area contributed by atoms with Crippen molar-refractivity contribution in [3.8, 4) is 5.69 Å². The lowest BCUT2D eigenvalue weighted by Gasteiger charge is -2.24. The summed E-state index contributed by atoms with van der Waals surface area (Å²) in [4.78, 5) is 16.6. The van der Waals surface area contributed by atoms with E-state index in [4.69, 9.17) is 0 Å². The number of nitrogens with zero attached hydrogens (tertiary/aromatic N) is 3. The molecule has 168 valence electrons. The Kier molecular flexibility index (Phi) is 6.50. The lowest BCUT2D eigenvalue weighted by Crippen LogP contribution is -2.40. The second kappa shape index (κ2) is 9.66. The van der Waals surface area contributed by atoms with Crippen LogP contribution in [0.3, 0.4) is 0 Å². The molecular weight excluding hydrogens is 443 g/mol. The standard InChI is InChI=1S/C24H21FN4O3S/c25-20-8-12-23(13-9-20)33(31,32)29(22-4-2-1-3-5-22)17-24(30)27-16-19-6-10-21(11-7-19)28-15-14-26-18-28/h1-15,18H,16-17H2,(H,27,30). The van der Waals surface area contributed by atoms with Crippen LogP contribution in [0.4, 0.5) is 10.1 Å². The number of carbonyl (C=O) groups excluding carboxylic acids is 1. The first-order valence-corrected chi connectivity index (χ1v) is 11.5. The Labute approximate surface area is 191 Å². The van der Waals surface area contributed by atoms with Gasteiger partial charge in [-0.25, -0.2) is 17.8 Å². The number of aromatic nitrogens is 2. The average Bonchev–Trinajstić information content (AvgIpc) is 3.37. The third kappa shape index (κ3) is 5.27. The molecule has 33 heavy (non-hydrogen) atoms. The summed E-state index contributed by atoms with van der Waals surface area (Å²) in [5.41, 5.74) is 2.13. The number of sulfonamides is 1. The number of anilines is 1. The fourth-order valence-electron chi connectivity index (χ4n) is 3.23. The maximum atomic E-state index is 13.3. The average molecular weight is 465 g/mol. The Bertz CT molecular complexity index is 1310. The van der Waals surface area contributed by atoms with Crippen molar-refractivity contribution in [2.45, 2.75) is 11.4 Å². The highest BCUT2D eigenvalue weighted by Crippen LogP contribution is 2.23. The van der Waals surface area contributed by atoms with Gasteiger partial charge in [0, 0.05) is 24.6 Å². The molecule has 0 fully saturated rings. The van der Waals surface area contributed by atoms with Crippen LogP contribution in [-0.2, 0) is 21.4 Å². The van der Waals surface area contributed by atoms with E-state index in [1.54, 1.807) is 42.9 Å². The van der Waals surface area contributed by atoms with Gasteiger partial charge in [0.2, 0.25) is 5.91 Å². The van der Waals surface area contributed by atoms with E-state index in [-0.39, 0.29) is 11.4 Å². The number of hydrogen-bond donors (Lipinski definition) is 1. The molecule has 7 nitrogen and oxygen atoms in total. The van der Waals surface area contributed by atoms with Crippen LogP contribution in [0.2, 0.25) is 0 Å². The lowest BCUT2D eigenvalue weighted by molar-refractivity contribution is -0.119. The molecule has 4 aromatic rings. The SMILES string of the molecule is O=C(CN(c1ccccc1)S(=O)(=O)c1ccc(F)cc1)NCc1ccc(-n2ccnc2)cc1. The Morgan fingerprint density at radius 1 is 0.970 bits per heavy atom. The zero-order valence-corrected chi connectivity index (χ0v) is 18.3. The van der Waals surface area contributed by atoms with Gasteiger partial charge in [-0.1, -0.05) is 30.3 Å². The molecule has 9 heteroatoms. The van der Waals surface area contributed by atoms with Gasteiger partial charge in [-0.15, -0.1) is 0 Å². The van der Waals surface area contributed by atoms with Gasteiger partial charge in [-0.2, -0.15) is 0 Å². The summed E-state index contributed by atoms with van der Waals surface area (Å²) in [5, 5.41) is 2.76. The fourth-order valence-corrected chi connectivity index (χ4v) is 4.65. The summed E-state index contributed by atoms with van der Waals surface area (Å²) in [7, 11) is -4.08. The van der Waals surface area contributed by atoms with Gasteiger partial charge in [0.05, 0.1) is 16.9 Å². The van der Waals surface area contributed by atoms with Gasteiger partial charge in [0.15, 0.2) is 0 Å². The van der Waals surface area contributed by atoms with Crippen LogP contribution in [0.5, 0.6) is 0 Å².